The zero-order valence-corrected chi connectivity index (χ0v) is 11.0. The fourth-order valence-corrected chi connectivity index (χ4v) is 2.20. The molecular formula is C11H17N5O3. The van der Waals surface area contributed by atoms with E-state index in [1.807, 2.05) is 0 Å². The maximum Gasteiger partial charge on any atom is 0.406 e. The quantitative estimate of drug-likeness (QED) is 0.642. The van der Waals surface area contributed by atoms with E-state index >= 15 is 0 Å². The van der Waals surface area contributed by atoms with E-state index in [0.29, 0.717) is 0 Å². The van der Waals surface area contributed by atoms with Crippen LogP contribution in [0.25, 0.3) is 0 Å². The van der Waals surface area contributed by atoms with Crippen LogP contribution in [0.5, 0.6) is 0 Å². The van der Waals surface area contributed by atoms with Gasteiger partial charge in [0, 0.05) is 20.1 Å². The Labute approximate surface area is 110 Å². The number of anilines is 1. The number of nitrogens with one attached hydrogen (secondary N) is 1. The van der Waals surface area contributed by atoms with Gasteiger partial charge in [0.05, 0.1) is 0 Å². The molecule has 19 heavy (non-hydrogen) atoms. The smallest absolute Gasteiger partial charge is 0.358 e. The van der Waals surface area contributed by atoms with E-state index in [1.165, 1.54) is 10.9 Å². The number of aromatic nitrogens is 2. The van der Waals surface area contributed by atoms with Crippen molar-refractivity contribution in [2.45, 2.75) is 25.8 Å². The number of carbonyl (C=O) groups excluding carboxylic acids is 1. The summed E-state index contributed by atoms with van der Waals surface area (Å²) in [5, 5.41) is 13.7. The minimum atomic E-state index is -0.560. The van der Waals surface area contributed by atoms with Gasteiger partial charge in [0.1, 0.15) is 6.04 Å². The van der Waals surface area contributed by atoms with Crippen LogP contribution in [0, 0.1) is 10.1 Å². The first-order chi connectivity index (χ1) is 9.00. The minimum absolute atomic E-state index is 0.0343. The van der Waals surface area contributed by atoms with E-state index in [4.69, 9.17) is 0 Å². The third-order valence-electron chi connectivity index (χ3n) is 3.23. The second kappa shape index (κ2) is 5.25. The fraction of sp³-hybridized carbons (Fsp3) is 0.636. The Kier molecular flexibility index (Phi) is 3.68. The molecule has 0 aliphatic carbocycles. The summed E-state index contributed by atoms with van der Waals surface area (Å²) in [7, 11) is 1.65. The number of likely N-dealkylation sites (tertiary alicyclic amines) is 1. The summed E-state index contributed by atoms with van der Waals surface area (Å²) in [5.74, 6) is -0.0402. The zero-order valence-electron chi connectivity index (χ0n) is 11.0. The topological polar surface area (TPSA) is 93.3 Å². The monoisotopic (exact) mass is 267 g/mol. The van der Waals surface area contributed by atoms with Gasteiger partial charge in [-0.1, -0.05) is 0 Å². The van der Waals surface area contributed by atoms with Crippen molar-refractivity contribution >= 4 is 17.5 Å². The van der Waals surface area contributed by atoms with Crippen molar-refractivity contribution < 1.29 is 9.72 Å². The van der Waals surface area contributed by atoms with Crippen molar-refractivity contribution in [3.8, 4) is 0 Å². The Morgan fingerprint density at radius 1 is 1.53 bits per heavy atom. The number of hydrogen-bond acceptors (Lipinski definition) is 5. The largest absolute Gasteiger partial charge is 0.406 e. The summed E-state index contributed by atoms with van der Waals surface area (Å²) in [6, 6.07) is -0.507. The zero-order chi connectivity index (χ0) is 14.0. The predicted molar refractivity (Wildman–Crippen MR) is 68.8 cm³/mol. The van der Waals surface area contributed by atoms with Gasteiger partial charge in [-0.2, -0.15) is 0 Å². The molecule has 1 aromatic heterocycles. The molecule has 8 nitrogen and oxygen atoms in total. The Morgan fingerprint density at radius 3 is 2.74 bits per heavy atom. The lowest BCUT2D eigenvalue weighted by Gasteiger charge is -2.21. The molecule has 1 saturated heterocycles. The first-order valence-electron chi connectivity index (χ1n) is 6.21. The van der Waals surface area contributed by atoms with Crippen LogP contribution in [0.2, 0.25) is 0 Å². The molecule has 1 unspecified atom stereocenters. The standard InChI is InChI=1S/C11H17N5O3/c1-8(11(17)15-5-3-4-6-15)13-10-9(16(18)19)12-7-14(10)2/h7-8,13H,3-6H2,1-2H3. The van der Waals surface area contributed by atoms with E-state index in [-0.39, 0.29) is 17.5 Å². The number of aryl methyl sites for hydroxylation is 1. The first-order valence-corrected chi connectivity index (χ1v) is 6.21. The molecule has 1 fully saturated rings. The van der Waals surface area contributed by atoms with Crippen molar-refractivity contribution in [2.75, 3.05) is 18.4 Å². The predicted octanol–water partition coefficient (Wildman–Crippen LogP) is 0.751. The van der Waals surface area contributed by atoms with Gasteiger partial charge in [-0.25, -0.2) is 0 Å². The van der Waals surface area contributed by atoms with E-state index in [1.54, 1.807) is 18.9 Å². The number of nitro groups is 1. The molecule has 0 spiro atoms. The van der Waals surface area contributed by atoms with Crippen LogP contribution in [0.15, 0.2) is 6.33 Å². The van der Waals surface area contributed by atoms with E-state index < -0.39 is 11.0 Å². The highest BCUT2D eigenvalue weighted by molar-refractivity contribution is 5.84. The Balaban J connectivity index is 2.10. The summed E-state index contributed by atoms with van der Waals surface area (Å²) in [6.45, 7) is 3.23. The van der Waals surface area contributed by atoms with Crippen LogP contribution in [-0.2, 0) is 11.8 Å². The average Bonchev–Trinajstić information content (AvgIpc) is 2.99. The number of rotatable bonds is 4. The maximum atomic E-state index is 12.1. The summed E-state index contributed by atoms with van der Waals surface area (Å²) < 4.78 is 1.51. The molecule has 1 aromatic rings. The van der Waals surface area contributed by atoms with Gasteiger partial charge in [-0.15, -0.1) is 0 Å². The highest BCUT2D eigenvalue weighted by atomic mass is 16.6. The number of carbonyl (C=O) groups is 1. The molecule has 8 heteroatoms. The van der Waals surface area contributed by atoms with Gasteiger partial charge in [0.15, 0.2) is 0 Å². The summed E-state index contributed by atoms with van der Waals surface area (Å²) in [4.78, 5) is 27.9. The summed E-state index contributed by atoms with van der Waals surface area (Å²) in [5.41, 5.74) is 0. The number of nitrogens with zero attached hydrogens (tertiary/aromatic N) is 4. The molecular weight excluding hydrogens is 250 g/mol. The van der Waals surface area contributed by atoms with Gasteiger partial charge in [0.2, 0.25) is 18.1 Å². The van der Waals surface area contributed by atoms with Gasteiger partial charge >= 0.3 is 5.82 Å². The Hall–Kier alpha value is -2.12. The lowest BCUT2D eigenvalue weighted by atomic mass is 10.3. The van der Waals surface area contributed by atoms with Crippen molar-refractivity contribution in [3.63, 3.8) is 0 Å². The fourth-order valence-electron chi connectivity index (χ4n) is 2.20. The summed E-state index contributed by atoms with van der Waals surface area (Å²) >= 11 is 0. The molecule has 2 heterocycles. The third kappa shape index (κ3) is 2.67. The second-order valence-corrected chi connectivity index (χ2v) is 4.68. The van der Waals surface area contributed by atoms with Crippen LogP contribution in [0.1, 0.15) is 19.8 Å². The van der Waals surface area contributed by atoms with Crippen LogP contribution < -0.4 is 5.32 Å². The molecule has 104 valence electrons. The lowest BCUT2D eigenvalue weighted by Crippen LogP contribution is -2.40. The average molecular weight is 267 g/mol. The summed E-state index contributed by atoms with van der Waals surface area (Å²) in [6.07, 6.45) is 3.39. The number of hydrogen-bond donors (Lipinski definition) is 1. The molecule has 1 amide bonds. The molecule has 0 saturated carbocycles. The Bertz CT molecular complexity index is 493. The van der Waals surface area contributed by atoms with Gasteiger partial charge in [0.25, 0.3) is 0 Å². The first kappa shape index (κ1) is 13.3. The van der Waals surface area contributed by atoms with E-state index in [9.17, 15) is 14.9 Å². The van der Waals surface area contributed by atoms with E-state index in [0.717, 1.165) is 25.9 Å². The van der Waals surface area contributed by atoms with Crippen LogP contribution in [0.3, 0.4) is 0 Å². The minimum Gasteiger partial charge on any atom is -0.358 e. The molecule has 2 rings (SSSR count). The van der Waals surface area contributed by atoms with Crippen molar-refractivity contribution in [2.24, 2.45) is 7.05 Å². The molecule has 1 N–H and O–H groups in total. The lowest BCUT2D eigenvalue weighted by molar-refractivity contribution is -0.388. The molecule has 0 radical (unpaired) electrons. The van der Waals surface area contributed by atoms with Crippen LogP contribution in [-0.4, -0.2) is 44.4 Å². The van der Waals surface area contributed by atoms with Gasteiger partial charge in [-0.3, -0.25) is 9.36 Å². The molecule has 1 atom stereocenters. The highest BCUT2D eigenvalue weighted by Crippen LogP contribution is 2.22. The Morgan fingerprint density at radius 2 is 2.16 bits per heavy atom. The SMILES string of the molecule is CC(Nc1c([N+](=O)[O-])ncn1C)C(=O)N1CCCC1. The highest BCUT2D eigenvalue weighted by Gasteiger charge is 2.27. The molecule has 1 aliphatic heterocycles. The number of amides is 1. The normalized spacial score (nSPS) is 16.4. The van der Waals surface area contributed by atoms with E-state index in [2.05, 4.69) is 10.3 Å². The van der Waals surface area contributed by atoms with Crippen molar-refractivity contribution in [1.82, 2.24) is 14.5 Å². The van der Waals surface area contributed by atoms with Crippen molar-refractivity contribution in [3.05, 3.63) is 16.4 Å². The second-order valence-electron chi connectivity index (χ2n) is 4.68. The van der Waals surface area contributed by atoms with Crippen molar-refractivity contribution in [1.29, 1.82) is 0 Å². The van der Waals surface area contributed by atoms with Crippen LogP contribution >= 0.6 is 0 Å². The van der Waals surface area contributed by atoms with Gasteiger partial charge in [-0.05, 0) is 29.7 Å². The molecule has 0 aromatic carbocycles. The number of imidazole rings is 1. The molecule has 0 bridgehead atoms. The van der Waals surface area contributed by atoms with Gasteiger partial charge < -0.3 is 20.3 Å². The van der Waals surface area contributed by atoms with Crippen LogP contribution in [0.4, 0.5) is 11.6 Å². The third-order valence-corrected chi connectivity index (χ3v) is 3.23. The molecule has 1 aliphatic rings. The maximum absolute atomic E-state index is 12.1.